The highest BCUT2D eigenvalue weighted by Gasteiger charge is 2.34. The Labute approximate surface area is 188 Å². The molecule has 11 heteroatoms. The van der Waals surface area contributed by atoms with Crippen LogP contribution in [-0.2, 0) is 14.8 Å². The molecule has 1 atom stereocenters. The summed E-state index contributed by atoms with van der Waals surface area (Å²) in [5.74, 6) is -0.485. The second kappa shape index (κ2) is 9.66. The molecule has 0 aromatic heterocycles. The van der Waals surface area contributed by atoms with Gasteiger partial charge in [0.1, 0.15) is 6.61 Å². The lowest BCUT2D eigenvalue weighted by Gasteiger charge is -2.32. The Balaban J connectivity index is 2.02. The predicted octanol–water partition coefficient (Wildman–Crippen LogP) is 2.54. The molecule has 0 aliphatic carbocycles. The summed E-state index contributed by atoms with van der Waals surface area (Å²) in [4.78, 5) is 12.7. The van der Waals surface area contributed by atoms with Crippen molar-refractivity contribution in [3.8, 4) is 6.07 Å². The summed E-state index contributed by atoms with van der Waals surface area (Å²) >= 11 is 13.4. The standard InChI is InChI=1S/C19H17Cl2N3O4S2/c20-13-2-3-14(21)18(8-13)29-17-4-1-12(9-22)7-19(17)30(27,28)24-6-5-23-15(10-24)16(26)11-25/h1-4,7-8,15,23,25H,5-6,10-11H2. The van der Waals surface area contributed by atoms with Gasteiger partial charge in [0.15, 0.2) is 5.78 Å². The highest BCUT2D eigenvalue weighted by molar-refractivity contribution is 8.00. The second-order valence-electron chi connectivity index (χ2n) is 6.44. The number of hydrogen-bond acceptors (Lipinski definition) is 7. The number of sulfonamides is 1. The lowest BCUT2D eigenvalue weighted by Crippen LogP contribution is -2.56. The highest BCUT2D eigenvalue weighted by Crippen LogP contribution is 2.39. The van der Waals surface area contributed by atoms with Crippen molar-refractivity contribution in [3.05, 3.63) is 52.0 Å². The number of carbonyl (C=O) groups is 1. The number of hydrogen-bond donors (Lipinski definition) is 2. The molecule has 158 valence electrons. The second-order valence-corrected chi connectivity index (χ2v) is 10.3. The maximum atomic E-state index is 13.4. The molecule has 1 saturated heterocycles. The number of nitriles is 1. The normalized spacial score (nSPS) is 17.5. The molecule has 0 bridgehead atoms. The molecule has 7 nitrogen and oxygen atoms in total. The van der Waals surface area contributed by atoms with Crippen LogP contribution in [0, 0.1) is 11.3 Å². The number of ketones is 1. The summed E-state index contributed by atoms with van der Waals surface area (Å²) in [5.41, 5.74) is 0.188. The Bertz CT molecular complexity index is 1120. The minimum absolute atomic E-state index is 0.0558. The van der Waals surface area contributed by atoms with Crippen LogP contribution < -0.4 is 5.32 Å². The van der Waals surface area contributed by atoms with Gasteiger partial charge in [-0.25, -0.2) is 8.42 Å². The maximum Gasteiger partial charge on any atom is 0.244 e. The van der Waals surface area contributed by atoms with Crippen molar-refractivity contribution in [2.45, 2.75) is 20.7 Å². The fraction of sp³-hybridized carbons (Fsp3) is 0.263. The number of piperazine rings is 1. The van der Waals surface area contributed by atoms with Crippen molar-refractivity contribution in [2.24, 2.45) is 0 Å². The predicted molar refractivity (Wildman–Crippen MR) is 114 cm³/mol. The summed E-state index contributed by atoms with van der Waals surface area (Å²) in [7, 11) is -4.03. The molecular formula is C19H17Cl2N3O4S2. The molecule has 1 fully saturated rings. The molecule has 2 aromatic carbocycles. The molecule has 1 aliphatic rings. The van der Waals surface area contributed by atoms with Crippen LogP contribution in [0.2, 0.25) is 10.0 Å². The largest absolute Gasteiger partial charge is 0.389 e. The summed E-state index contributed by atoms with van der Waals surface area (Å²) in [6.45, 7) is -0.378. The summed E-state index contributed by atoms with van der Waals surface area (Å²) < 4.78 is 28.0. The molecule has 1 unspecified atom stereocenters. The zero-order valence-electron chi connectivity index (χ0n) is 15.5. The molecule has 2 N–H and O–H groups in total. The van der Waals surface area contributed by atoms with Gasteiger partial charge >= 0.3 is 0 Å². The number of rotatable bonds is 6. The fourth-order valence-electron chi connectivity index (χ4n) is 2.94. The lowest BCUT2D eigenvalue weighted by atomic mass is 10.1. The number of benzene rings is 2. The fourth-order valence-corrected chi connectivity index (χ4v) is 6.29. The number of Topliss-reactive ketones (excluding diaryl/α,β-unsaturated/α-hetero) is 1. The van der Waals surface area contributed by atoms with Crippen molar-refractivity contribution in [1.29, 1.82) is 5.26 Å². The van der Waals surface area contributed by atoms with Crippen molar-refractivity contribution in [3.63, 3.8) is 0 Å². The summed E-state index contributed by atoms with van der Waals surface area (Å²) in [6, 6.07) is 10.4. The van der Waals surface area contributed by atoms with Crippen LogP contribution in [0.15, 0.2) is 51.1 Å². The number of carbonyl (C=O) groups excluding carboxylic acids is 1. The first-order valence-corrected chi connectivity index (χ1v) is 11.8. The molecule has 1 heterocycles. The molecule has 0 saturated carbocycles. The van der Waals surface area contributed by atoms with E-state index in [1.807, 2.05) is 6.07 Å². The Morgan fingerprint density at radius 1 is 1.27 bits per heavy atom. The van der Waals surface area contributed by atoms with E-state index >= 15 is 0 Å². The molecule has 0 radical (unpaired) electrons. The smallest absolute Gasteiger partial charge is 0.244 e. The van der Waals surface area contributed by atoms with Gasteiger partial charge in [0.2, 0.25) is 10.0 Å². The van der Waals surface area contributed by atoms with Crippen LogP contribution in [0.5, 0.6) is 0 Å². The quantitative estimate of drug-likeness (QED) is 0.646. The first kappa shape index (κ1) is 23.0. The van der Waals surface area contributed by atoms with Crippen LogP contribution in [-0.4, -0.2) is 55.9 Å². The molecule has 1 aliphatic heterocycles. The number of aliphatic hydroxyl groups is 1. The van der Waals surface area contributed by atoms with Crippen LogP contribution in [0.3, 0.4) is 0 Å². The monoisotopic (exact) mass is 485 g/mol. The third-order valence-corrected chi connectivity index (χ3v) is 8.33. The average molecular weight is 486 g/mol. The topological polar surface area (TPSA) is 111 Å². The number of aliphatic hydroxyl groups excluding tert-OH is 1. The van der Waals surface area contributed by atoms with Gasteiger partial charge in [-0.2, -0.15) is 9.57 Å². The molecule has 0 amide bonds. The minimum Gasteiger partial charge on any atom is -0.389 e. The van der Waals surface area contributed by atoms with E-state index < -0.39 is 28.5 Å². The minimum atomic E-state index is -4.03. The maximum absolute atomic E-state index is 13.4. The van der Waals surface area contributed by atoms with Crippen molar-refractivity contribution in [1.82, 2.24) is 9.62 Å². The Hall–Kier alpha value is -1.64. The van der Waals surface area contributed by atoms with Crippen LogP contribution in [0.1, 0.15) is 5.56 Å². The van der Waals surface area contributed by atoms with E-state index in [1.54, 1.807) is 24.3 Å². The van der Waals surface area contributed by atoms with Gasteiger partial charge in [-0.15, -0.1) is 0 Å². The number of halogens is 2. The average Bonchev–Trinajstić information content (AvgIpc) is 2.76. The van der Waals surface area contributed by atoms with Gasteiger partial charge in [-0.3, -0.25) is 4.79 Å². The van der Waals surface area contributed by atoms with E-state index in [0.29, 0.717) is 19.8 Å². The van der Waals surface area contributed by atoms with Gasteiger partial charge in [0, 0.05) is 34.4 Å². The van der Waals surface area contributed by atoms with E-state index in [2.05, 4.69) is 5.32 Å². The molecule has 0 spiro atoms. The molecule has 3 rings (SSSR count). The van der Waals surface area contributed by atoms with Crippen LogP contribution in [0.4, 0.5) is 0 Å². The van der Waals surface area contributed by atoms with Crippen molar-refractivity contribution < 1.29 is 18.3 Å². The summed E-state index contributed by atoms with van der Waals surface area (Å²) in [6.07, 6.45) is 0. The van der Waals surface area contributed by atoms with E-state index in [4.69, 9.17) is 28.3 Å². The zero-order valence-corrected chi connectivity index (χ0v) is 18.7. The third kappa shape index (κ3) is 4.98. The van der Waals surface area contributed by atoms with Crippen molar-refractivity contribution >= 4 is 50.8 Å². The summed E-state index contributed by atoms with van der Waals surface area (Å²) in [5, 5.41) is 22.1. The van der Waals surface area contributed by atoms with E-state index in [9.17, 15) is 18.5 Å². The van der Waals surface area contributed by atoms with Gasteiger partial charge in [-0.1, -0.05) is 35.0 Å². The van der Waals surface area contributed by atoms with Crippen LogP contribution in [0.25, 0.3) is 0 Å². The van der Waals surface area contributed by atoms with E-state index in [0.717, 1.165) is 11.8 Å². The SMILES string of the molecule is N#Cc1ccc(Sc2cc(Cl)ccc2Cl)c(S(=O)(=O)N2CCNC(C(=O)CO)C2)c1. The van der Waals surface area contributed by atoms with Gasteiger partial charge < -0.3 is 10.4 Å². The Morgan fingerprint density at radius 3 is 2.73 bits per heavy atom. The van der Waals surface area contributed by atoms with Gasteiger partial charge in [-0.05, 0) is 36.4 Å². The Morgan fingerprint density at radius 2 is 2.03 bits per heavy atom. The van der Waals surface area contributed by atoms with Crippen molar-refractivity contribution in [2.75, 3.05) is 26.2 Å². The number of nitrogens with one attached hydrogen (secondary N) is 1. The molecule has 30 heavy (non-hydrogen) atoms. The van der Waals surface area contributed by atoms with Crippen LogP contribution >= 0.6 is 35.0 Å². The first-order valence-electron chi connectivity index (χ1n) is 8.80. The molecular weight excluding hydrogens is 469 g/mol. The van der Waals surface area contributed by atoms with E-state index in [-0.39, 0.29) is 30.1 Å². The van der Waals surface area contributed by atoms with E-state index in [1.165, 1.54) is 16.4 Å². The van der Waals surface area contributed by atoms with Gasteiger partial charge in [0.25, 0.3) is 0 Å². The lowest BCUT2D eigenvalue weighted by molar-refractivity contribution is -0.124. The Kier molecular flexibility index (Phi) is 7.42. The van der Waals surface area contributed by atoms with Gasteiger partial charge in [0.05, 0.1) is 27.6 Å². The highest BCUT2D eigenvalue weighted by atomic mass is 35.5. The first-order chi connectivity index (χ1) is 14.3. The molecule has 2 aromatic rings. The zero-order chi connectivity index (χ0) is 21.9. The number of nitrogens with zero attached hydrogens (tertiary/aromatic N) is 2. The third-order valence-electron chi connectivity index (χ3n) is 4.49.